The molecule has 128 valence electrons. The molecular formula is C15H26N6O2. The van der Waals surface area contributed by atoms with E-state index >= 15 is 0 Å². The molecule has 8 nitrogen and oxygen atoms in total. The van der Waals surface area contributed by atoms with E-state index in [9.17, 15) is 10.1 Å². The summed E-state index contributed by atoms with van der Waals surface area (Å²) in [6, 6.07) is 0. The molecule has 0 saturated carbocycles. The van der Waals surface area contributed by atoms with Crippen LogP contribution in [0.3, 0.4) is 0 Å². The van der Waals surface area contributed by atoms with E-state index in [0.29, 0.717) is 24.7 Å². The van der Waals surface area contributed by atoms with Crippen molar-refractivity contribution in [2.24, 2.45) is 0 Å². The highest BCUT2D eigenvalue weighted by Crippen LogP contribution is 2.28. The number of nitrogens with zero attached hydrogens (tertiary/aromatic N) is 4. The molecule has 1 aromatic heterocycles. The van der Waals surface area contributed by atoms with Crippen LogP contribution in [0, 0.1) is 10.1 Å². The Hall–Kier alpha value is -1.96. The Morgan fingerprint density at radius 3 is 2.43 bits per heavy atom. The molecule has 0 spiro atoms. The summed E-state index contributed by atoms with van der Waals surface area (Å²) in [7, 11) is 0. The van der Waals surface area contributed by atoms with Crippen LogP contribution < -0.4 is 10.6 Å². The van der Waals surface area contributed by atoms with Crippen molar-refractivity contribution in [3.05, 3.63) is 16.4 Å². The van der Waals surface area contributed by atoms with Crippen LogP contribution in [0.2, 0.25) is 0 Å². The van der Waals surface area contributed by atoms with Crippen molar-refractivity contribution in [1.29, 1.82) is 0 Å². The lowest BCUT2D eigenvalue weighted by molar-refractivity contribution is -0.383. The zero-order chi connectivity index (χ0) is 16.5. The van der Waals surface area contributed by atoms with E-state index in [0.717, 1.165) is 32.5 Å². The van der Waals surface area contributed by atoms with Gasteiger partial charge in [0.1, 0.15) is 6.33 Å². The first-order valence-electron chi connectivity index (χ1n) is 8.42. The summed E-state index contributed by atoms with van der Waals surface area (Å²) in [5.74, 6) is 0.583. The summed E-state index contributed by atoms with van der Waals surface area (Å²) in [6.45, 7) is 6.48. The van der Waals surface area contributed by atoms with Gasteiger partial charge in [-0.1, -0.05) is 19.8 Å². The predicted octanol–water partition coefficient (Wildman–Crippen LogP) is 2.49. The summed E-state index contributed by atoms with van der Waals surface area (Å²) >= 11 is 0. The number of aromatic nitrogens is 2. The second-order valence-electron chi connectivity index (χ2n) is 5.79. The number of nitro groups is 1. The first-order chi connectivity index (χ1) is 11.2. The van der Waals surface area contributed by atoms with Crippen molar-refractivity contribution in [3.63, 3.8) is 0 Å². The third-order valence-corrected chi connectivity index (χ3v) is 4.00. The van der Waals surface area contributed by atoms with Crippen molar-refractivity contribution >= 4 is 17.3 Å². The number of unbranched alkanes of at least 4 members (excludes halogenated alkanes) is 1. The maximum Gasteiger partial charge on any atom is 0.353 e. The Kier molecular flexibility index (Phi) is 6.99. The monoisotopic (exact) mass is 322 g/mol. The van der Waals surface area contributed by atoms with Gasteiger partial charge in [0, 0.05) is 19.6 Å². The summed E-state index contributed by atoms with van der Waals surface area (Å²) in [5.41, 5.74) is -0.0674. The number of piperidine rings is 1. The lowest BCUT2D eigenvalue weighted by Crippen LogP contribution is -2.33. The van der Waals surface area contributed by atoms with Crippen molar-refractivity contribution < 1.29 is 4.92 Å². The standard InChI is InChI=1S/C15H26N6O2/c1-2-3-7-16-14-13(21(22)23)15(19-12-18-14)17-8-11-20-9-5-4-6-10-20/h12H,2-11H2,1H3,(H2,16,17,18,19). The number of hydrogen-bond acceptors (Lipinski definition) is 7. The van der Waals surface area contributed by atoms with Crippen molar-refractivity contribution in [1.82, 2.24) is 14.9 Å². The average Bonchev–Trinajstić information content (AvgIpc) is 2.56. The van der Waals surface area contributed by atoms with Gasteiger partial charge in [-0.3, -0.25) is 10.1 Å². The summed E-state index contributed by atoms with van der Waals surface area (Å²) < 4.78 is 0. The van der Waals surface area contributed by atoms with E-state index in [4.69, 9.17) is 0 Å². The lowest BCUT2D eigenvalue weighted by atomic mass is 10.1. The fourth-order valence-corrected chi connectivity index (χ4v) is 2.71. The van der Waals surface area contributed by atoms with Gasteiger partial charge >= 0.3 is 5.69 Å². The molecule has 1 aliphatic heterocycles. The van der Waals surface area contributed by atoms with Crippen LogP contribution >= 0.6 is 0 Å². The largest absolute Gasteiger partial charge is 0.364 e. The van der Waals surface area contributed by atoms with Crippen LogP contribution in [0.4, 0.5) is 17.3 Å². The predicted molar refractivity (Wildman–Crippen MR) is 90.9 cm³/mol. The minimum atomic E-state index is -0.419. The molecule has 1 saturated heterocycles. The number of anilines is 2. The molecule has 1 fully saturated rings. The molecule has 0 amide bonds. The van der Waals surface area contributed by atoms with Gasteiger partial charge in [0.05, 0.1) is 4.92 Å². The topological polar surface area (TPSA) is 96.2 Å². The van der Waals surface area contributed by atoms with Gasteiger partial charge in [0.25, 0.3) is 0 Å². The van der Waals surface area contributed by atoms with Gasteiger partial charge < -0.3 is 15.5 Å². The summed E-state index contributed by atoms with van der Waals surface area (Å²) in [6.07, 6.45) is 7.10. The molecule has 0 unspecified atom stereocenters. The van der Waals surface area contributed by atoms with E-state index in [1.165, 1.54) is 25.6 Å². The second-order valence-corrected chi connectivity index (χ2v) is 5.79. The Labute approximate surface area is 136 Å². The lowest BCUT2D eigenvalue weighted by Gasteiger charge is -2.26. The highest BCUT2D eigenvalue weighted by Gasteiger charge is 2.22. The van der Waals surface area contributed by atoms with Crippen molar-refractivity contribution in [2.75, 3.05) is 43.4 Å². The van der Waals surface area contributed by atoms with E-state index < -0.39 is 4.92 Å². The Morgan fingerprint density at radius 1 is 1.17 bits per heavy atom. The minimum absolute atomic E-state index is 0.0674. The zero-order valence-electron chi connectivity index (χ0n) is 13.8. The minimum Gasteiger partial charge on any atom is -0.364 e. The van der Waals surface area contributed by atoms with Crippen LogP contribution in [0.5, 0.6) is 0 Å². The molecular weight excluding hydrogens is 296 g/mol. The molecule has 0 bridgehead atoms. The Bertz CT molecular complexity index is 505. The maximum atomic E-state index is 11.4. The first kappa shape index (κ1) is 17.4. The molecule has 0 radical (unpaired) electrons. The van der Waals surface area contributed by atoms with Gasteiger partial charge in [-0.25, -0.2) is 9.97 Å². The smallest absolute Gasteiger partial charge is 0.353 e. The summed E-state index contributed by atoms with van der Waals surface area (Å²) in [4.78, 5) is 21.4. The molecule has 8 heteroatoms. The van der Waals surface area contributed by atoms with E-state index in [-0.39, 0.29) is 5.69 Å². The molecule has 2 N–H and O–H groups in total. The maximum absolute atomic E-state index is 11.4. The van der Waals surface area contributed by atoms with Crippen molar-refractivity contribution in [3.8, 4) is 0 Å². The molecule has 0 aromatic carbocycles. The molecule has 23 heavy (non-hydrogen) atoms. The highest BCUT2D eigenvalue weighted by molar-refractivity contribution is 5.69. The first-order valence-corrected chi connectivity index (χ1v) is 8.42. The van der Waals surface area contributed by atoms with Crippen LogP contribution in [0.25, 0.3) is 0 Å². The SMILES string of the molecule is CCCCNc1ncnc(NCCN2CCCCC2)c1[N+](=O)[O-]. The second kappa shape index (κ2) is 9.24. The third kappa shape index (κ3) is 5.31. The Morgan fingerprint density at radius 2 is 1.83 bits per heavy atom. The molecule has 0 atom stereocenters. The van der Waals surface area contributed by atoms with Gasteiger partial charge in [0.2, 0.25) is 11.6 Å². The normalized spacial score (nSPS) is 15.3. The molecule has 1 aromatic rings. The number of likely N-dealkylation sites (tertiary alicyclic amines) is 1. The van der Waals surface area contributed by atoms with Gasteiger partial charge in [-0.15, -0.1) is 0 Å². The highest BCUT2D eigenvalue weighted by atomic mass is 16.6. The molecule has 2 heterocycles. The number of hydrogen-bond donors (Lipinski definition) is 2. The average molecular weight is 322 g/mol. The quantitative estimate of drug-likeness (QED) is 0.409. The fraction of sp³-hybridized carbons (Fsp3) is 0.733. The van der Waals surface area contributed by atoms with Crippen molar-refractivity contribution in [2.45, 2.75) is 39.0 Å². The van der Waals surface area contributed by atoms with E-state index in [1.54, 1.807) is 0 Å². The van der Waals surface area contributed by atoms with Crippen LogP contribution in [-0.4, -0.2) is 52.5 Å². The van der Waals surface area contributed by atoms with E-state index in [2.05, 4.69) is 32.4 Å². The van der Waals surface area contributed by atoms with Gasteiger partial charge in [0.15, 0.2) is 0 Å². The third-order valence-electron chi connectivity index (χ3n) is 4.00. The number of nitrogens with one attached hydrogen (secondary N) is 2. The van der Waals surface area contributed by atoms with Crippen LogP contribution in [0.1, 0.15) is 39.0 Å². The molecule has 2 rings (SSSR count). The number of rotatable bonds is 9. The van der Waals surface area contributed by atoms with Gasteiger partial charge in [-0.05, 0) is 32.4 Å². The van der Waals surface area contributed by atoms with E-state index in [1.807, 2.05) is 0 Å². The Balaban J connectivity index is 1.96. The van der Waals surface area contributed by atoms with Crippen LogP contribution in [-0.2, 0) is 0 Å². The zero-order valence-corrected chi connectivity index (χ0v) is 13.8. The molecule has 0 aliphatic carbocycles. The molecule has 1 aliphatic rings. The summed E-state index contributed by atoms with van der Waals surface area (Å²) in [5, 5.41) is 17.5. The fourth-order valence-electron chi connectivity index (χ4n) is 2.71. The van der Waals surface area contributed by atoms with Gasteiger partial charge in [-0.2, -0.15) is 0 Å². The van der Waals surface area contributed by atoms with Crippen LogP contribution in [0.15, 0.2) is 6.33 Å².